The average molecular weight is 351 g/mol. The number of nitrogens with one attached hydrogen (secondary N) is 1. The van der Waals surface area contributed by atoms with Crippen molar-refractivity contribution >= 4 is 18.1 Å². The molecular weight excluding hydrogens is 337 g/mol. The normalized spacial score (nSPS) is 15.5. The zero-order valence-corrected chi connectivity index (χ0v) is 13.6. The molecule has 1 heterocycles. The summed E-state index contributed by atoms with van der Waals surface area (Å²) in [6.07, 6.45) is 1.50. The lowest BCUT2D eigenvalue weighted by Gasteiger charge is -2.07. The van der Waals surface area contributed by atoms with E-state index >= 15 is 0 Å². The largest absolute Gasteiger partial charge is 0.489 e. The van der Waals surface area contributed by atoms with Crippen LogP contribution in [0.15, 0.2) is 81.2 Å². The van der Waals surface area contributed by atoms with Gasteiger partial charge in [-0.2, -0.15) is 5.10 Å². The van der Waals surface area contributed by atoms with E-state index in [0.29, 0.717) is 12.4 Å². The maximum absolute atomic E-state index is 12.9. The van der Waals surface area contributed by atoms with Gasteiger partial charge < -0.3 is 4.74 Å². The Bertz CT molecular complexity index is 919. The minimum Gasteiger partial charge on any atom is -0.489 e. The molecule has 130 valence electrons. The second kappa shape index (κ2) is 7.93. The Morgan fingerprint density at radius 2 is 2.00 bits per heavy atom. The Labute approximate surface area is 148 Å². The first-order valence-corrected chi connectivity index (χ1v) is 7.60. The number of rotatable bonds is 5. The van der Waals surface area contributed by atoms with Crippen molar-refractivity contribution in [1.29, 1.82) is 0 Å². The zero-order valence-electron chi connectivity index (χ0n) is 13.6. The van der Waals surface area contributed by atoms with Crippen LogP contribution in [0, 0.1) is 5.82 Å². The Morgan fingerprint density at radius 1 is 1.19 bits per heavy atom. The van der Waals surface area contributed by atoms with Crippen LogP contribution < -0.4 is 10.1 Å². The van der Waals surface area contributed by atoms with Gasteiger partial charge in [0, 0.05) is 0 Å². The second-order valence-corrected chi connectivity index (χ2v) is 5.26. The molecule has 26 heavy (non-hydrogen) atoms. The van der Waals surface area contributed by atoms with Crippen molar-refractivity contribution in [2.24, 2.45) is 20.4 Å². The van der Waals surface area contributed by atoms with Crippen molar-refractivity contribution in [3.05, 3.63) is 77.8 Å². The van der Waals surface area contributed by atoms with Crippen LogP contribution in [0.1, 0.15) is 11.1 Å². The topological polar surface area (TPSA) is 87.8 Å². The molecule has 0 fully saturated rings. The molecule has 0 spiro atoms. The van der Waals surface area contributed by atoms with Gasteiger partial charge in [-0.1, -0.05) is 36.0 Å². The quantitative estimate of drug-likeness (QED) is 0.655. The fraction of sp³-hybridized carbons (Fsp3) is 0.0556. The highest BCUT2D eigenvalue weighted by molar-refractivity contribution is 6.08. The summed E-state index contributed by atoms with van der Waals surface area (Å²) in [4.78, 5) is 11.1. The molecule has 8 heteroatoms. The van der Waals surface area contributed by atoms with Crippen LogP contribution >= 0.6 is 0 Å². The van der Waals surface area contributed by atoms with E-state index in [-0.39, 0.29) is 17.3 Å². The minimum absolute atomic E-state index is 0.143. The molecule has 0 bridgehead atoms. The number of amidine groups is 1. The van der Waals surface area contributed by atoms with Gasteiger partial charge in [0.05, 0.1) is 6.21 Å². The fourth-order valence-electron chi connectivity index (χ4n) is 2.02. The third kappa shape index (κ3) is 4.67. The van der Waals surface area contributed by atoms with Gasteiger partial charge in [-0.15, -0.1) is 10.2 Å². The summed E-state index contributed by atoms with van der Waals surface area (Å²) in [5.41, 5.74) is 1.83. The van der Waals surface area contributed by atoms with Crippen molar-refractivity contribution in [3.8, 4) is 5.75 Å². The van der Waals surface area contributed by atoms with Gasteiger partial charge in [0.25, 0.3) is 0 Å². The molecule has 1 N–H and O–H groups in total. The summed E-state index contributed by atoms with van der Waals surface area (Å²) in [5, 5.41) is 17.0. The standard InChI is InChI=1S/C18H14FN5O2/c1-12-17(21-18(25)24-22-12)23-20-10-14-3-2-4-16(9-14)26-11-13-5-7-15(19)8-6-13/h2-10H,1,11H2,(H,21,23,25)/b20-10+. The molecule has 2 aromatic rings. The molecule has 2 amide bonds. The SMILES string of the molecule is C=C1N=NC(=O)N/C1=N/N=C/c1cccc(OCc2ccc(F)cc2)c1. The highest BCUT2D eigenvalue weighted by atomic mass is 19.1. The van der Waals surface area contributed by atoms with Crippen molar-refractivity contribution in [1.82, 2.24) is 5.32 Å². The van der Waals surface area contributed by atoms with Crippen LogP contribution in [0.5, 0.6) is 5.75 Å². The number of carbonyl (C=O) groups excluding carboxylic acids is 1. The third-order valence-corrected chi connectivity index (χ3v) is 3.30. The summed E-state index contributed by atoms with van der Waals surface area (Å²) in [6.45, 7) is 3.92. The second-order valence-electron chi connectivity index (χ2n) is 5.26. The number of hydrogen-bond donors (Lipinski definition) is 1. The van der Waals surface area contributed by atoms with E-state index in [1.165, 1.54) is 18.3 Å². The highest BCUT2D eigenvalue weighted by Crippen LogP contribution is 2.15. The number of azo groups is 1. The summed E-state index contributed by atoms with van der Waals surface area (Å²) >= 11 is 0. The lowest BCUT2D eigenvalue weighted by atomic mass is 10.2. The van der Waals surface area contributed by atoms with Crippen molar-refractivity contribution < 1.29 is 13.9 Å². The van der Waals surface area contributed by atoms with Crippen LogP contribution in [0.2, 0.25) is 0 Å². The van der Waals surface area contributed by atoms with E-state index in [4.69, 9.17) is 4.74 Å². The number of urea groups is 1. The van der Waals surface area contributed by atoms with E-state index in [1.807, 2.05) is 12.1 Å². The van der Waals surface area contributed by atoms with E-state index in [1.54, 1.807) is 24.3 Å². The predicted molar refractivity (Wildman–Crippen MR) is 94.7 cm³/mol. The molecule has 3 rings (SSSR count). The zero-order chi connectivity index (χ0) is 18.4. The number of ether oxygens (including phenoxy) is 1. The third-order valence-electron chi connectivity index (χ3n) is 3.30. The maximum Gasteiger partial charge on any atom is 0.365 e. The number of halogens is 1. The Kier molecular flexibility index (Phi) is 5.23. The maximum atomic E-state index is 12.9. The van der Waals surface area contributed by atoms with Crippen LogP contribution in [0.3, 0.4) is 0 Å². The van der Waals surface area contributed by atoms with Gasteiger partial charge in [0.2, 0.25) is 0 Å². The van der Waals surface area contributed by atoms with Crippen LogP contribution in [0.25, 0.3) is 0 Å². The Balaban J connectivity index is 1.63. The number of nitrogens with zero attached hydrogens (tertiary/aromatic N) is 4. The molecule has 1 aliphatic rings. The van der Waals surface area contributed by atoms with E-state index in [0.717, 1.165) is 11.1 Å². The highest BCUT2D eigenvalue weighted by Gasteiger charge is 2.13. The molecule has 2 aromatic carbocycles. The smallest absolute Gasteiger partial charge is 0.365 e. The summed E-state index contributed by atoms with van der Waals surface area (Å²) in [7, 11) is 0. The van der Waals surface area contributed by atoms with Crippen molar-refractivity contribution in [2.75, 3.05) is 0 Å². The molecule has 0 radical (unpaired) electrons. The lowest BCUT2D eigenvalue weighted by molar-refractivity contribution is 0.251. The molecule has 0 unspecified atom stereocenters. The molecule has 0 saturated carbocycles. The monoisotopic (exact) mass is 351 g/mol. The molecule has 0 atom stereocenters. The Morgan fingerprint density at radius 3 is 2.81 bits per heavy atom. The first-order valence-electron chi connectivity index (χ1n) is 7.60. The van der Waals surface area contributed by atoms with Crippen molar-refractivity contribution in [2.45, 2.75) is 6.61 Å². The van der Waals surface area contributed by atoms with Crippen molar-refractivity contribution in [3.63, 3.8) is 0 Å². The Hall–Kier alpha value is -3.68. The molecule has 1 aliphatic heterocycles. The summed E-state index contributed by atoms with van der Waals surface area (Å²) in [5.74, 6) is 0.493. The summed E-state index contributed by atoms with van der Waals surface area (Å²) in [6, 6.07) is 12.7. The van der Waals surface area contributed by atoms with Gasteiger partial charge >= 0.3 is 6.03 Å². The van der Waals surface area contributed by atoms with Crippen LogP contribution in [-0.4, -0.2) is 18.1 Å². The van der Waals surface area contributed by atoms with Gasteiger partial charge in [-0.05, 0) is 35.4 Å². The molecule has 7 nitrogen and oxygen atoms in total. The average Bonchev–Trinajstić information content (AvgIpc) is 2.64. The fourth-order valence-corrected chi connectivity index (χ4v) is 2.02. The van der Waals surface area contributed by atoms with Crippen LogP contribution in [0.4, 0.5) is 9.18 Å². The van der Waals surface area contributed by atoms with Gasteiger partial charge in [0.1, 0.15) is 23.9 Å². The van der Waals surface area contributed by atoms with E-state index in [2.05, 4.69) is 32.3 Å². The molecule has 0 saturated heterocycles. The lowest BCUT2D eigenvalue weighted by Crippen LogP contribution is -2.31. The van der Waals surface area contributed by atoms with Gasteiger partial charge in [0.15, 0.2) is 5.84 Å². The number of amides is 2. The number of benzene rings is 2. The minimum atomic E-state index is -0.623. The first kappa shape index (κ1) is 17.2. The number of carbonyl (C=O) groups is 1. The number of hydrogen-bond acceptors (Lipinski definition) is 5. The molecule has 0 aliphatic carbocycles. The first-order chi connectivity index (χ1) is 12.6. The summed E-state index contributed by atoms with van der Waals surface area (Å²) < 4.78 is 18.6. The molecular formula is C18H14FN5O2. The van der Waals surface area contributed by atoms with E-state index < -0.39 is 6.03 Å². The van der Waals surface area contributed by atoms with Gasteiger partial charge in [-0.25, -0.2) is 9.18 Å². The molecule has 0 aromatic heterocycles. The van der Waals surface area contributed by atoms with Gasteiger partial charge in [-0.3, -0.25) is 5.32 Å². The van der Waals surface area contributed by atoms with Crippen LogP contribution in [-0.2, 0) is 6.61 Å². The predicted octanol–water partition coefficient (Wildman–Crippen LogP) is 3.83. The van der Waals surface area contributed by atoms with E-state index in [9.17, 15) is 9.18 Å².